The molecule has 1 N–H and O–H groups in total. The third kappa shape index (κ3) is 2.68. The van der Waals surface area contributed by atoms with Crippen molar-refractivity contribution in [3.8, 4) is 0 Å². The molecule has 1 aliphatic heterocycles. The maximum absolute atomic E-state index is 12.2. The van der Waals surface area contributed by atoms with Crippen LogP contribution in [-0.4, -0.2) is 26.4 Å². The second-order valence-corrected chi connectivity index (χ2v) is 6.38. The number of fused-ring (bicyclic) bond motifs is 1. The van der Waals surface area contributed by atoms with Crippen LogP contribution in [0.3, 0.4) is 0 Å². The number of pyridine rings is 1. The molecule has 5 nitrogen and oxygen atoms in total. The van der Waals surface area contributed by atoms with Gasteiger partial charge in [-0.2, -0.15) is 0 Å². The second-order valence-electron chi connectivity index (χ2n) is 6.38. The SMILES string of the molecule is Cc1cccc(CN2CCc3c(nc(C4CC4)[nH]c3=O)C2)n1. The van der Waals surface area contributed by atoms with Gasteiger partial charge in [0.1, 0.15) is 5.82 Å². The van der Waals surface area contributed by atoms with E-state index in [1.807, 2.05) is 19.1 Å². The van der Waals surface area contributed by atoms with Gasteiger partial charge in [0, 0.05) is 36.8 Å². The van der Waals surface area contributed by atoms with Crippen molar-refractivity contribution < 1.29 is 0 Å². The molecule has 1 aliphatic carbocycles. The summed E-state index contributed by atoms with van der Waals surface area (Å²) in [5, 5.41) is 0. The zero-order valence-corrected chi connectivity index (χ0v) is 12.8. The van der Waals surface area contributed by atoms with E-state index < -0.39 is 0 Å². The Morgan fingerprint density at radius 1 is 1.32 bits per heavy atom. The average Bonchev–Trinajstić information content (AvgIpc) is 3.31. The molecule has 3 heterocycles. The molecule has 114 valence electrons. The Hall–Kier alpha value is -2.01. The number of aromatic nitrogens is 3. The normalized spacial score (nSPS) is 18.2. The summed E-state index contributed by atoms with van der Waals surface area (Å²) in [6.45, 7) is 4.46. The van der Waals surface area contributed by atoms with E-state index in [9.17, 15) is 4.79 Å². The summed E-state index contributed by atoms with van der Waals surface area (Å²) in [6, 6.07) is 6.12. The molecule has 4 rings (SSSR count). The molecule has 0 amide bonds. The number of aromatic amines is 1. The minimum Gasteiger partial charge on any atom is -0.310 e. The number of hydrogen-bond donors (Lipinski definition) is 1. The van der Waals surface area contributed by atoms with Gasteiger partial charge in [0.25, 0.3) is 5.56 Å². The summed E-state index contributed by atoms with van der Waals surface area (Å²) in [5.41, 5.74) is 4.03. The van der Waals surface area contributed by atoms with Crippen LogP contribution >= 0.6 is 0 Å². The zero-order valence-electron chi connectivity index (χ0n) is 12.8. The molecule has 2 aromatic heterocycles. The van der Waals surface area contributed by atoms with Crippen LogP contribution in [0.1, 0.15) is 47.2 Å². The second kappa shape index (κ2) is 5.32. The van der Waals surface area contributed by atoms with Crippen LogP contribution in [-0.2, 0) is 19.5 Å². The van der Waals surface area contributed by atoms with Crippen molar-refractivity contribution in [2.24, 2.45) is 0 Å². The number of rotatable bonds is 3. The van der Waals surface area contributed by atoms with E-state index in [-0.39, 0.29) is 5.56 Å². The van der Waals surface area contributed by atoms with Gasteiger partial charge in [0.05, 0.1) is 11.4 Å². The molecule has 0 atom stereocenters. The van der Waals surface area contributed by atoms with Gasteiger partial charge >= 0.3 is 0 Å². The highest BCUT2D eigenvalue weighted by atomic mass is 16.1. The quantitative estimate of drug-likeness (QED) is 0.940. The first kappa shape index (κ1) is 13.6. The van der Waals surface area contributed by atoms with Gasteiger partial charge in [-0.25, -0.2) is 4.98 Å². The van der Waals surface area contributed by atoms with E-state index in [0.29, 0.717) is 5.92 Å². The monoisotopic (exact) mass is 296 g/mol. The van der Waals surface area contributed by atoms with Crippen molar-refractivity contribution in [1.29, 1.82) is 0 Å². The fourth-order valence-corrected chi connectivity index (χ4v) is 3.11. The third-order valence-corrected chi connectivity index (χ3v) is 4.47. The molecule has 1 fully saturated rings. The van der Waals surface area contributed by atoms with E-state index in [0.717, 1.165) is 67.4 Å². The Bertz CT molecular complexity index is 763. The first-order valence-corrected chi connectivity index (χ1v) is 7.96. The number of nitrogens with one attached hydrogen (secondary N) is 1. The van der Waals surface area contributed by atoms with Crippen molar-refractivity contribution in [3.63, 3.8) is 0 Å². The van der Waals surface area contributed by atoms with Gasteiger partial charge in [0.15, 0.2) is 0 Å². The third-order valence-electron chi connectivity index (χ3n) is 4.47. The highest BCUT2D eigenvalue weighted by molar-refractivity contribution is 5.23. The standard InChI is InChI=1S/C17H20N4O/c1-11-3-2-4-13(18-11)9-21-8-7-14-15(10-21)19-16(12-5-6-12)20-17(14)22/h2-4,12H,5-10H2,1H3,(H,19,20,22). The molecule has 0 bridgehead atoms. The summed E-state index contributed by atoms with van der Waals surface area (Å²) in [5.74, 6) is 1.37. The predicted octanol–water partition coefficient (Wildman–Crippen LogP) is 1.91. The van der Waals surface area contributed by atoms with Crippen LogP contribution in [0.25, 0.3) is 0 Å². The van der Waals surface area contributed by atoms with Gasteiger partial charge in [-0.15, -0.1) is 0 Å². The van der Waals surface area contributed by atoms with Crippen LogP contribution < -0.4 is 5.56 Å². The minimum atomic E-state index is 0.0697. The van der Waals surface area contributed by atoms with E-state index in [1.54, 1.807) is 0 Å². The highest BCUT2D eigenvalue weighted by Crippen LogP contribution is 2.37. The molecule has 0 spiro atoms. The number of nitrogens with zero attached hydrogens (tertiary/aromatic N) is 3. The van der Waals surface area contributed by atoms with Gasteiger partial charge in [-0.05, 0) is 38.3 Å². The van der Waals surface area contributed by atoms with E-state index in [2.05, 4.69) is 20.9 Å². The molecule has 0 unspecified atom stereocenters. The zero-order chi connectivity index (χ0) is 15.1. The van der Waals surface area contributed by atoms with Gasteiger partial charge in [0.2, 0.25) is 0 Å². The molecule has 0 aromatic carbocycles. The molecule has 2 aliphatic rings. The van der Waals surface area contributed by atoms with Gasteiger partial charge in [-0.1, -0.05) is 6.07 Å². The van der Waals surface area contributed by atoms with Crippen molar-refractivity contribution in [2.75, 3.05) is 6.54 Å². The number of H-pyrrole nitrogens is 1. The Labute approximate surface area is 129 Å². The molecule has 0 radical (unpaired) electrons. The summed E-state index contributed by atoms with van der Waals surface area (Å²) in [6.07, 6.45) is 3.08. The first-order valence-electron chi connectivity index (χ1n) is 7.96. The van der Waals surface area contributed by atoms with Gasteiger partial charge < -0.3 is 4.98 Å². The van der Waals surface area contributed by atoms with Crippen molar-refractivity contribution >= 4 is 0 Å². The Morgan fingerprint density at radius 2 is 2.18 bits per heavy atom. The molecular weight excluding hydrogens is 276 g/mol. The lowest BCUT2D eigenvalue weighted by Crippen LogP contribution is -2.35. The van der Waals surface area contributed by atoms with Crippen molar-refractivity contribution in [1.82, 2.24) is 19.9 Å². The Balaban J connectivity index is 1.56. The minimum absolute atomic E-state index is 0.0697. The van der Waals surface area contributed by atoms with Crippen molar-refractivity contribution in [2.45, 2.75) is 45.2 Å². The fraction of sp³-hybridized carbons (Fsp3) is 0.471. The summed E-state index contributed by atoms with van der Waals surface area (Å²) < 4.78 is 0. The average molecular weight is 296 g/mol. The Kier molecular flexibility index (Phi) is 3.30. The largest absolute Gasteiger partial charge is 0.310 e. The topological polar surface area (TPSA) is 61.9 Å². The number of aryl methyl sites for hydroxylation is 1. The molecular formula is C17H20N4O. The summed E-state index contributed by atoms with van der Waals surface area (Å²) in [4.78, 5) is 26.8. The van der Waals surface area contributed by atoms with Crippen LogP contribution in [0.5, 0.6) is 0 Å². The van der Waals surface area contributed by atoms with Crippen LogP contribution in [0.15, 0.2) is 23.0 Å². The smallest absolute Gasteiger partial charge is 0.254 e. The van der Waals surface area contributed by atoms with Crippen LogP contribution in [0.2, 0.25) is 0 Å². The Morgan fingerprint density at radius 3 is 2.95 bits per heavy atom. The molecule has 2 aromatic rings. The van der Waals surface area contributed by atoms with E-state index in [4.69, 9.17) is 4.98 Å². The van der Waals surface area contributed by atoms with E-state index >= 15 is 0 Å². The predicted molar refractivity (Wildman–Crippen MR) is 83.6 cm³/mol. The van der Waals surface area contributed by atoms with Gasteiger partial charge in [-0.3, -0.25) is 14.7 Å². The lowest BCUT2D eigenvalue weighted by atomic mass is 10.1. The fourth-order valence-electron chi connectivity index (χ4n) is 3.11. The van der Waals surface area contributed by atoms with Crippen molar-refractivity contribution in [3.05, 3.63) is 57.0 Å². The lowest BCUT2D eigenvalue weighted by Gasteiger charge is -2.27. The number of hydrogen-bond acceptors (Lipinski definition) is 4. The molecule has 1 saturated carbocycles. The summed E-state index contributed by atoms with van der Waals surface area (Å²) >= 11 is 0. The lowest BCUT2D eigenvalue weighted by molar-refractivity contribution is 0.237. The summed E-state index contributed by atoms with van der Waals surface area (Å²) in [7, 11) is 0. The maximum atomic E-state index is 12.2. The first-order chi connectivity index (χ1) is 10.7. The highest BCUT2D eigenvalue weighted by Gasteiger charge is 2.29. The molecule has 0 saturated heterocycles. The van der Waals surface area contributed by atoms with E-state index in [1.165, 1.54) is 0 Å². The molecule has 5 heteroatoms. The van der Waals surface area contributed by atoms with Crippen LogP contribution in [0.4, 0.5) is 0 Å². The maximum Gasteiger partial charge on any atom is 0.254 e. The van der Waals surface area contributed by atoms with Crippen LogP contribution in [0, 0.1) is 6.92 Å². The molecule has 22 heavy (non-hydrogen) atoms.